The summed E-state index contributed by atoms with van der Waals surface area (Å²) >= 11 is 0. The number of hydrogen-bond acceptors (Lipinski definition) is 2. The number of carbonyl (C=O) groups excluding carboxylic acids is 1. The third kappa shape index (κ3) is 4.27. The molecule has 0 atom stereocenters. The smallest absolute Gasteiger partial charge is 0.209 e. The maximum Gasteiger partial charge on any atom is 0.209 e. The van der Waals surface area contributed by atoms with Crippen molar-refractivity contribution in [1.29, 1.82) is 0 Å². The van der Waals surface area contributed by atoms with Crippen LogP contribution >= 0.6 is 0 Å². The quantitative estimate of drug-likeness (QED) is 0.785. The van der Waals surface area contributed by atoms with Crippen molar-refractivity contribution in [2.24, 2.45) is 11.8 Å². The second kappa shape index (κ2) is 8.52. The second-order valence-corrected chi connectivity index (χ2v) is 5.38. The highest BCUT2D eigenvalue weighted by Crippen LogP contribution is 2.35. The van der Waals surface area contributed by atoms with Crippen molar-refractivity contribution >= 4 is 6.41 Å². The van der Waals surface area contributed by atoms with Crippen LogP contribution in [0, 0.1) is 11.8 Å². The summed E-state index contributed by atoms with van der Waals surface area (Å²) in [4.78, 5) is 12.6. The average molecular weight is 254 g/mol. The van der Waals surface area contributed by atoms with Crippen LogP contribution in [0.1, 0.15) is 52.4 Å². The van der Waals surface area contributed by atoms with Crippen molar-refractivity contribution in [1.82, 2.24) is 10.2 Å². The van der Waals surface area contributed by atoms with Crippen molar-refractivity contribution in [2.45, 2.75) is 58.4 Å². The molecule has 1 saturated carbocycles. The van der Waals surface area contributed by atoms with Gasteiger partial charge < -0.3 is 10.2 Å². The van der Waals surface area contributed by atoms with Crippen LogP contribution in [0.2, 0.25) is 0 Å². The third-order valence-electron chi connectivity index (χ3n) is 4.57. The van der Waals surface area contributed by atoms with Crippen LogP contribution in [-0.4, -0.2) is 37.5 Å². The Morgan fingerprint density at radius 3 is 1.89 bits per heavy atom. The predicted octanol–water partition coefficient (Wildman–Crippen LogP) is 2.66. The van der Waals surface area contributed by atoms with Gasteiger partial charge in [0.25, 0.3) is 0 Å². The van der Waals surface area contributed by atoms with Gasteiger partial charge in [0.15, 0.2) is 0 Å². The Kier molecular flexibility index (Phi) is 7.33. The Hall–Kier alpha value is -0.570. The first kappa shape index (κ1) is 15.5. The SMILES string of the molecule is CC.CNC1CCC(C2CCN(C=O)CC2)CC1. The van der Waals surface area contributed by atoms with E-state index in [0.29, 0.717) is 0 Å². The molecule has 0 aromatic rings. The monoisotopic (exact) mass is 254 g/mol. The lowest BCUT2D eigenvalue weighted by atomic mass is 9.74. The van der Waals surface area contributed by atoms with Gasteiger partial charge in [-0.2, -0.15) is 0 Å². The number of likely N-dealkylation sites (tertiary alicyclic amines) is 1. The Morgan fingerprint density at radius 2 is 1.44 bits per heavy atom. The molecular weight excluding hydrogens is 224 g/mol. The van der Waals surface area contributed by atoms with E-state index in [2.05, 4.69) is 12.4 Å². The van der Waals surface area contributed by atoms with Gasteiger partial charge in [0.1, 0.15) is 0 Å². The van der Waals surface area contributed by atoms with Gasteiger partial charge in [-0.3, -0.25) is 4.79 Å². The summed E-state index contributed by atoms with van der Waals surface area (Å²) < 4.78 is 0. The molecule has 2 aliphatic rings. The van der Waals surface area contributed by atoms with Crippen LogP contribution < -0.4 is 5.32 Å². The van der Waals surface area contributed by atoms with E-state index in [0.717, 1.165) is 37.4 Å². The molecule has 0 aromatic carbocycles. The molecule has 2 fully saturated rings. The summed E-state index contributed by atoms with van der Waals surface area (Å²) in [6, 6.07) is 0.756. The molecule has 0 radical (unpaired) electrons. The molecule has 0 unspecified atom stereocenters. The van der Waals surface area contributed by atoms with E-state index in [4.69, 9.17) is 0 Å². The average Bonchev–Trinajstić information content (AvgIpc) is 2.49. The van der Waals surface area contributed by atoms with Gasteiger partial charge in [-0.05, 0) is 57.4 Å². The van der Waals surface area contributed by atoms with Crippen LogP contribution in [0.25, 0.3) is 0 Å². The fraction of sp³-hybridized carbons (Fsp3) is 0.933. The van der Waals surface area contributed by atoms with E-state index < -0.39 is 0 Å². The Labute approximate surface area is 112 Å². The van der Waals surface area contributed by atoms with E-state index in [1.807, 2.05) is 18.7 Å². The van der Waals surface area contributed by atoms with Crippen LogP contribution in [0.4, 0.5) is 0 Å². The van der Waals surface area contributed by atoms with E-state index in [1.165, 1.54) is 38.5 Å². The summed E-state index contributed by atoms with van der Waals surface area (Å²) in [5, 5.41) is 3.39. The topological polar surface area (TPSA) is 32.3 Å². The Bertz CT molecular complexity index is 217. The zero-order valence-corrected chi connectivity index (χ0v) is 12.3. The zero-order valence-electron chi connectivity index (χ0n) is 12.3. The lowest BCUT2D eigenvalue weighted by Crippen LogP contribution is -2.38. The largest absolute Gasteiger partial charge is 0.345 e. The predicted molar refractivity (Wildman–Crippen MR) is 76.5 cm³/mol. The van der Waals surface area contributed by atoms with Crippen molar-refractivity contribution in [3.63, 3.8) is 0 Å². The number of nitrogens with zero attached hydrogens (tertiary/aromatic N) is 1. The van der Waals surface area contributed by atoms with Crippen molar-refractivity contribution in [3.05, 3.63) is 0 Å². The summed E-state index contributed by atoms with van der Waals surface area (Å²) in [6.07, 6.45) is 8.92. The normalized spacial score (nSPS) is 29.4. The van der Waals surface area contributed by atoms with Gasteiger partial charge in [0, 0.05) is 19.1 Å². The van der Waals surface area contributed by atoms with Crippen molar-refractivity contribution in [3.8, 4) is 0 Å². The molecule has 1 aliphatic carbocycles. The van der Waals surface area contributed by atoms with Gasteiger partial charge in [0.05, 0.1) is 0 Å². The third-order valence-corrected chi connectivity index (χ3v) is 4.57. The summed E-state index contributed by atoms with van der Waals surface area (Å²) in [5.74, 6) is 1.81. The molecule has 3 nitrogen and oxygen atoms in total. The van der Waals surface area contributed by atoms with Gasteiger partial charge >= 0.3 is 0 Å². The molecule has 1 N–H and O–H groups in total. The molecule has 1 amide bonds. The van der Waals surface area contributed by atoms with Crippen molar-refractivity contribution < 1.29 is 4.79 Å². The molecular formula is C15H30N2O. The van der Waals surface area contributed by atoms with Crippen molar-refractivity contribution in [2.75, 3.05) is 20.1 Å². The first-order valence-electron chi connectivity index (χ1n) is 7.70. The summed E-state index contributed by atoms with van der Waals surface area (Å²) in [7, 11) is 2.08. The summed E-state index contributed by atoms with van der Waals surface area (Å²) in [5.41, 5.74) is 0. The molecule has 1 heterocycles. The number of rotatable bonds is 3. The van der Waals surface area contributed by atoms with Crippen LogP contribution in [-0.2, 0) is 4.79 Å². The standard InChI is InChI=1S/C13H24N2O.C2H6/c1-14-13-4-2-11(3-5-13)12-6-8-15(10-16)9-7-12;1-2/h10-14H,2-9H2,1H3;1-2H3. The maximum absolute atomic E-state index is 10.6. The first-order chi connectivity index (χ1) is 8.83. The molecule has 2 rings (SSSR count). The number of amides is 1. The highest BCUT2D eigenvalue weighted by molar-refractivity contribution is 5.47. The Morgan fingerprint density at radius 1 is 0.944 bits per heavy atom. The lowest BCUT2D eigenvalue weighted by molar-refractivity contribution is -0.119. The molecule has 1 saturated heterocycles. The fourth-order valence-corrected chi connectivity index (χ4v) is 3.38. The van der Waals surface area contributed by atoms with E-state index in [-0.39, 0.29) is 0 Å². The van der Waals surface area contributed by atoms with E-state index in [1.54, 1.807) is 0 Å². The van der Waals surface area contributed by atoms with E-state index in [9.17, 15) is 4.79 Å². The van der Waals surface area contributed by atoms with Gasteiger partial charge in [0.2, 0.25) is 6.41 Å². The van der Waals surface area contributed by atoms with Crippen LogP contribution in [0.15, 0.2) is 0 Å². The van der Waals surface area contributed by atoms with Gasteiger partial charge in [-0.1, -0.05) is 13.8 Å². The molecule has 0 spiro atoms. The second-order valence-electron chi connectivity index (χ2n) is 5.38. The zero-order chi connectivity index (χ0) is 13.4. The highest BCUT2D eigenvalue weighted by atomic mass is 16.1. The number of hydrogen-bond donors (Lipinski definition) is 1. The molecule has 3 heteroatoms. The minimum atomic E-state index is 0.756. The molecule has 0 bridgehead atoms. The fourth-order valence-electron chi connectivity index (χ4n) is 3.38. The minimum absolute atomic E-state index is 0.756. The van der Waals surface area contributed by atoms with Gasteiger partial charge in [-0.15, -0.1) is 0 Å². The maximum atomic E-state index is 10.6. The molecule has 106 valence electrons. The lowest BCUT2D eigenvalue weighted by Gasteiger charge is -2.38. The van der Waals surface area contributed by atoms with Gasteiger partial charge in [-0.25, -0.2) is 0 Å². The highest BCUT2D eigenvalue weighted by Gasteiger charge is 2.29. The minimum Gasteiger partial charge on any atom is -0.345 e. The molecule has 1 aliphatic heterocycles. The van der Waals surface area contributed by atoms with Crippen LogP contribution in [0.3, 0.4) is 0 Å². The van der Waals surface area contributed by atoms with E-state index >= 15 is 0 Å². The molecule has 18 heavy (non-hydrogen) atoms. The Balaban J connectivity index is 0.000000771. The number of nitrogens with one attached hydrogen (secondary N) is 1. The number of piperidine rings is 1. The first-order valence-corrected chi connectivity index (χ1v) is 7.70. The molecule has 0 aromatic heterocycles. The van der Waals surface area contributed by atoms with Crippen LogP contribution in [0.5, 0.6) is 0 Å². The number of carbonyl (C=O) groups is 1. The summed E-state index contributed by atoms with van der Waals surface area (Å²) in [6.45, 7) is 5.97.